The lowest BCUT2D eigenvalue weighted by molar-refractivity contribution is -0.120. The van der Waals surface area contributed by atoms with Gasteiger partial charge in [0, 0.05) is 12.5 Å². The van der Waals surface area contributed by atoms with Crippen molar-refractivity contribution in [2.75, 3.05) is 19.0 Å². The molecule has 7 heteroatoms. The Morgan fingerprint density at radius 2 is 1.88 bits per heavy atom. The topological polar surface area (TPSA) is 84.5 Å². The van der Waals surface area contributed by atoms with Gasteiger partial charge in [-0.2, -0.15) is 0 Å². The normalized spacial score (nSPS) is 14.8. The molecule has 1 saturated carbocycles. The van der Waals surface area contributed by atoms with Crippen molar-refractivity contribution < 1.29 is 19.1 Å². The summed E-state index contributed by atoms with van der Waals surface area (Å²) in [5.74, 6) is -0.874. The lowest BCUT2D eigenvalue weighted by Crippen LogP contribution is -2.25. The molecule has 6 nitrogen and oxygen atoms in total. The number of hydrogen-bond donors (Lipinski definition) is 2. The summed E-state index contributed by atoms with van der Waals surface area (Å²) in [6.07, 6.45) is 5.83. The Bertz CT molecular complexity index is 648. The summed E-state index contributed by atoms with van der Waals surface area (Å²) in [7, 11) is 1.29. The van der Waals surface area contributed by atoms with Gasteiger partial charge in [0.2, 0.25) is 5.91 Å². The van der Waals surface area contributed by atoms with E-state index in [4.69, 9.17) is 4.74 Å². The van der Waals surface area contributed by atoms with Crippen molar-refractivity contribution in [3.8, 4) is 0 Å². The molecule has 0 bridgehead atoms. The highest BCUT2D eigenvalue weighted by molar-refractivity contribution is 7.18. The molecule has 1 aromatic rings. The zero-order chi connectivity index (χ0) is 18.4. The third-order valence-corrected chi connectivity index (χ3v) is 5.70. The van der Waals surface area contributed by atoms with E-state index in [1.807, 2.05) is 6.92 Å². The SMILES string of the molecule is CCCNC(=O)c1sc(NC(=O)C2CCCCC2)c(C(=O)OC)c1C. The first-order chi connectivity index (χ1) is 12.0. The summed E-state index contributed by atoms with van der Waals surface area (Å²) in [6, 6.07) is 0. The molecule has 0 aromatic carbocycles. The minimum absolute atomic E-state index is 0.0287. The molecule has 0 aliphatic heterocycles. The predicted octanol–water partition coefficient (Wildman–Crippen LogP) is 3.50. The number of nitrogens with one attached hydrogen (secondary N) is 2. The van der Waals surface area contributed by atoms with Gasteiger partial charge in [-0.1, -0.05) is 26.2 Å². The van der Waals surface area contributed by atoms with E-state index in [9.17, 15) is 14.4 Å². The average Bonchev–Trinajstić information content (AvgIpc) is 2.95. The molecular formula is C18H26N2O4S. The fraction of sp³-hybridized carbons (Fsp3) is 0.611. The smallest absolute Gasteiger partial charge is 0.341 e. The van der Waals surface area contributed by atoms with Crippen LogP contribution < -0.4 is 10.6 Å². The lowest BCUT2D eigenvalue weighted by atomic mass is 9.89. The van der Waals surface area contributed by atoms with Crippen LogP contribution in [-0.2, 0) is 9.53 Å². The number of hydrogen-bond acceptors (Lipinski definition) is 5. The Morgan fingerprint density at radius 3 is 2.48 bits per heavy atom. The number of esters is 1. The van der Waals surface area contributed by atoms with Gasteiger partial charge in [0.05, 0.1) is 17.6 Å². The maximum atomic E-state index is 12.5. The van der Waals surface area contributed by atoms with Gasteiger partial charge in [-0.15, -0.1) is 11.3 Å². The van der Waals surface area contributed by atoms with Crippen LogP contribution in [0.3, 0.4) is 0 Å². The van der Waals surface area contributed by atoms with Crippen LogP contribution in [-0.4, -0.2) is 31.4 Å². The number of methoxy groups -OCH3 is 1. The Morgan fingerprint density at radius 1 is 1.20 bits per heavy atom. The summed E-state index contributed by atoms with van der Waals surface area (Å²) in [6.45, 7) is 4.24. The Kier molecular flexibility index (Phi) is 6.99. The molecule has 1 aliphatic carbocycles. The molecule has 0 atom stereocenters. The van der Waals surface area contributed by atoms with Gasteiger partial charge in [-0.05, 0) is 31.7 Å². The molecule has 1 aliphatic rings. The van der Waals surface area contributed by atoms with Crippen LogP contribution in [0.4, 0.5) is 5.00 Å². The molecule has 0 radical (unpaired) electrons. The molecule has 1 fully saturated rings. The maximum Gasteiger partial charge on any atom is 0.341 e. The van der Waals surface area contributed by atoms with Gasteiger partial charge in [-0.25, -0.2) is 4.79 Å². The molecule has 2 amide bonds. The number of amides is 2. The second-order valence-corrected chi connectivity index (χ2v) is 7.35. The van der Waals surface area contributed by atoms with Crippen molar-refractivity contribution in [3.63, 3.8) is 0 Å². The third-order valence-electron chi connectivity index (χ3n) is 4.49. The van der Waals surface area contributed by atoms with Crippen LogP contribution in [0.5, 0.6) is 0 Å². The second kappa shape index (κ2) is 8.99. The lowest BCUT2D eigenvalue weighted by Gasteiger charge is -2.20. The number of thiophene rings is 1. The number of anilines is 1. The summed E-state index contributed by atoms with van der Waals surface area (Å²) < 4.78 is 4.84. The number of ether oxygens (including phenoxy) is 1. The minimum atomic E-state index is -0.540. The van der Waals surface area contributed by atoms with Gasteiger partial charge in [0.25, 0.3) is 5.91 Å². The van der Waals surface area contributed by atoms with Crippen molar-refractivity contribution in [3.05, 3.63) is 16.0 Å². The fourth-order valence-electron chi connectivity index (χ4n) is 3.06. The molecule has 0 spiro atoms. The van der Waals surface area contributed by atoms with E-state index in [0.717, 1.165) is 49.9 Å². The predicted molar refractivity (Wildman–Crippen MR) is 98.2 cm³/mol. The molecule has 0 saturated heterocycles. The highest BCUT2D eigenvalue weighted by atomic mass is 32.1. The van der Waals surface area contributed by atoms with Crippen molar-refractivity contribution >= 4 is 34.1 Å². The quantitative estimate of drug-likeness (QED) is 0.755. The van der Waals surface area contributed by atoms with Gasteiger partial charge in [0.15, 0.2) is 0 Å². The molecule has 138 valence electrons. The molecule has 2 rings (SSSR count). The largest absolute Gasteiger partial charge is 0.465 e. The van der Waals surface area contributed by atoms with Crippen LogP contribution in [0, 0.1) is 12.8 Å². The molecule has 1 aromatic heterocycles. The molecule has 0 unspecified atom stereocenters. The number of carbonyl (C=O) groups excluding carboxylic acids is 3. The van der Waals surface area contributed by atoms with Crippen LogP contribution >= 0.6 is 11.3 Å². The van der Waals surface area contributed by atoms with Crippen LogP contribution in [0.25, 0.3) is 0 Å². The first-order valence-corrected chi connectivity index (χ1v) is 9.62. The second-order valence-electron chi connectivity index (χ2n) is 6.33. The zero-order valence-electron chi connectivity index (χ0n) is 15.1. The summed E-state index contributed by atoms with van der Waals surface area (Å²) in [4.78, 5) is 37.5. The summed E-state index contributed by atoms with van der Waals surface area (Å²) in [5, 5.41) is 6.08. The van der Waals surface area contributed by atoms with Crippen molar-refractivity contribution in [1.82, 2.24) is 5.32 Å². The minimum Gasteiger partial charge on any atom is -0.465 e. The highest BCUT2D eigenvalue weighted by Gasteiger charge is 2.28. The van der Waals surface area contributed by atoms with E-state index in [0.29, 0.717) is 22.0 Å². The van der Waals surface area contributed by atoms with Gasteiger partial charge >= 0.3 is 5.97 Å². The van der Waals surface area contributed by atoms with Crippen molar-refractivity contribution in [2.45, 2.75) is 52.4 Å². The molecule has 25 heavy (non-hydrogen) atoms. The van der Waals surface area contributed by atoms with E-state index in [-0.39, 0.29) is 23.3 Å². The summed E-state index contributed by atoms with van der Waals surface area (Å²) in [5.41, 5.74) is 0.822. The Balaban J connectivity index is 2.26. The maximum absolute atomic E-state index is 12.5. The van der Waals surface area contributed by atoms with E-state index >= 15 is 0 Å². The van der Waals surface area contributed by atoms with E-state index in [1.165, 1.54) is 7.11 Å². The van der Waals surface area contributed by atoms with Gasteiger partial charge < -0.3 is 15.4 Å². The average molecular weight is 366 g/mol. The highest BCUT2D eigenvalue weighted by Crippen LogP contribution is 2.35. The third kappa shape index (κ3) is 4.60. The van der Waals surface area contributed by atoms with Crippen LogP contribution in [0.1, 0.15) is 71.0 Å². The summed E-state index contributed by atoms with van der Waals surface area (Å²) >= 11 is 1.14. The van der Waals surface area contributed by atoms with Crippen molar-refractivity contribution in [1.29, 1.82) is 0 Å². The molecule has 1 heterocycles. The zero-order valence-corrected chi connectivity index (χ0v) is 15.9. The van der Waals surface area contributed by atoms with Crippen LogP contribution in [0.2, 0.25) is 0 Å². The van der Waals surface area contributed by atoms with Gasteiger partial charge in [0.1, 0.15) is 5.00 Å². The first kappa shape index (κ1) is 19.4. The first-order valence-electron chi connectivity index (χ1n) is 8.80. The molecule has 2 N–H and O–H groups in total. The van der Waals surface area contributed by atoms with Crippen LogP contribution in [0.15, 0.2) is 0 Å². The number of rotatable bonds is 6. The Labute approximate surface area is 152 Å². The van der Waals surface area contributed by atoms with Gasteiger partial charge in [-0.3, -0.25) is 9.59 Å². The molecular weight excluding hydrogens is 340 g/mol. The van der Waals surface area contributed by atoms with E-state index in [2.05, 4.69) is 10.6 Å². The number of carbonyl (C=O) groups is 3. The fourth-order valence-corrected chi connectivity index (χ4v) is 4.18. The standard InChI is InChI=1S/C18H26N2O4S/c1-4-10-19-16(22)14-11(2)13(18(23)24-3)17(25-14)20-15(21)12-8-6-5-7-9-12/h12H,4-10H2,1-3H3,(H,19,22)(H,20,21). The Hall–Kier alpha value is -1.89. The van der Waals surface area contributed by atoms with E-state index in [1.54, 1.807) is 6.92 Å². The van der Waals surface area contributed by atoms with E-state index < -0.39 is 5.97 Å². The monoisotopic (exact) mass is 366 g/mol. The van der Waals surface area contributed by atoms with Crippen molar-refractivity contribution in [2.24, 2.45) is 5.92 Å².